The van der Waals surface area contributed by atoms with E-state index in [1.165, 1.54) is 23.0 Å². The Hall–Kier alpha value is -3.90. The number of nitrogens with one attached hydrogen (secondary N) is 1. The number of piperidine rings is 1. The molecule has 35 heavy (non-hydrogen) atoms. The van der Waals surface area contributed by atoms with E-state index in [1.54, 1.807) is 11.9 Å². The Morgan fingerprint density at radius 1 is 1.00 bits per heavy atom. The molecule has 1 aliphatic rings. The molecular formula is C22H19F5N4O4. The molecule has 0 aliphatic carbocycles. The number of aryl methyl sites for hydroxylation is 1. The van der Waals surface area contributed by atoms with E-state index in [1.807, 2.05) is 0 Å². The molecule has 0 bridgehead atoms. The van der Waals surface area contributed by atoms with Crippen LogP contribution in [0.5, 0.6) is 5.75 Å². The Kier molecular flexibility index (Phi) is 6.76. The van der Waals surface area contributed by atoms with Gasteiger partial charge in [-0.25, -0.2) is 13.2 Å². The van der Waals surface area contributed by atoms with Gasteiger partial charge < -0.3 is 19.4 Å². The molecule has 186 valence electrons. The monoisotopic (exact) mass is 498 g/mol. The van der Waals surface area contributed by atoms with Crippen molar-refractivity contribution in [3.8, 4) is 5.75 Å². The van der Waals surface area contributed by atoms with Crippen LogP contribution < -0.4 is 10.1 Å². The van der Waals surface area contributed by atoms with E-state index >= 15 is 0 Å². The van der Waals surface area contributed by atoms with Gasteiger partial charge in [-0.15, -0.1) is 0 Å². The standard InChI is InChI=1S/C22H19F5N4O4/c1-30-19(22(33)31-7-3-2-4-8-31)12(9-28-30)29-21(32)13-6-5-11(35-13)10-34-20-17(26)15(24)14(23)16(25)18(20)27/h5-6,9H,2-4,7-8,10H2,1H3,(H,29,32). The first-order valence-corrected chi connectivity index (χ1v) is 10.5. The number of halogens is 5. The summed E-state index contributed by atoms with van der Waals surface area (Å²) in [5.41, 5.74) is 0.338. The van der Waals surface area contributed by atoms with Gasteiger partial charge in [0.25, 0.3) is 11.8 Å². The van der Waals surface area contributed by atoms with Crippen molar-refractivity contribution in [2.75, 3.05) is 18.4 Å². The first kappa shape index (κ1) is 24.2. The molecule has 1 aromatic carbocycles. The van der Waals surface area contributed by atoms with Gasteiger partial charge in [0.15, 0.2) is 11.5 Å². The van der Waals surface area contributed by atoms with Crippen molar-refractivity contribution in [1.82, 2.24) is 14.7 Å². The molecule has 13 heteroatoms. The third-order valence-electron chi connectivity index (χ3n) is 5.45. The highest BCUT2D eigenvalue weighted by Gasteiger charge is 2.28. The molecule has 1 N–H and O–H groups in total. The minimum absolute atomic E-state index is 0.130. The number of benzene rings is 1. The molecule has 4 rings (SSSR count). The third kappa shape index (κ3) is 4.70. The van der Waals surface area contributed by atoms with E-state index in [4.69, 9.17) is 9.15 Å². The molecule has 1 aliphatic heterocycles. The minimum atomic E-state index is -2.31. The summed E-state index contributed by atoms with van der Waals surface area (Å²) in [5.74, 6) is -13.8. The maximum Gasteiger partial charge on any atom is 0.291 e. The number of ether oxygens (including phenoxy) is 1. The number of nitrogens with zero attached hydrogens (tertiary/aromatic N) is 3. The van der Waals surface area contributed by atoms with Gasteiger partial charge in [-0.2, -0.15) is 13.9 Å². The van der Waals surface area contributed by atoms with Crippen molar-refractivity contribution >= 4 is 17.5 Å². The number of carbonyl (C=O) groups is 2. The normalized spacial score (nSPS) is 13.7. The molecule has 3 aromatic rings. The summed E-state index contributed by atoms with van der Waals surface area (Å²) in [4.78, 5) is 27.2. The highest BCUT2D eigenvalue weighted by molar-refractivity contribution is 6.07. The Labute approximate surface area is 195 Å². The lowest BCUT2D eigenvalue weighted by molar-refractivity contribution is 0.0714. The lowest BCUT2D eigenvalue weighted by Gasteiger charge is -2.27. The molecular weight excluding hydrogens is 479 g/mol. The van der Waals surface area contributed by atoms with Gasteiger partial charge >= 0.3 is 0 Å². The van der Waals surface area contributed by atoms with Crippen LogP contribution in [0.25, 0.3) is 0 Å². The Morgan fingerprint density at radius 2 is 1.63 bits per heavy atom. The number of anilines is 1. The zero-order valence-electron chi connectivity index (χ0n) is 18.3. The zero-order chi connectivity index (χ0) is 25.3. The van der Waals surface area contributed by atoms with Crippen LogP contribution in [0.15, 0.2) is 22.7 Å². The molecule has 8 nitrogen and oxygen atoms in total. The van der Waals surface area contributed by atoms with Crippen LogP contribution in [0.1, 0.15) is 46.1 Å². The second-order valence-corrected chi connectivity index (χ2v) is 7.79. The quantitative estimate of drug-likeness (QED) is 0.313. The van der Waals surface area contributed by atoms with E-state index in [2.05, 4.69) is 10.4 Å². The number of furan rings is 1. The van der Waals surface area contributed by atoms with Gasteiger partial charge in [-0.05, 0) is 31.4 Å². The fourth-order valence-electron chi connectivity index (χ4n) is 3.65. The van der Waals surface area contributed by atoms with Gasteiger partial charge in [-0.3, -0.25) is 14.3 Å². The van der Waals surface area contributed by atoms with E-state index in [-0.39, 0.29) is 28.8 Å². The van der Waals surface area contributed by atoms with Crippen LogP contribution in [-0.2, 0) is 13.7 Å². The van der Waals surface area contributed by atoms with Crippen molar-refractivity contribution in [2.24, 2.45) is 7.05 Å². The van der Waals surface area contributed by atoms with Gasteiger partial charge in [0.2, 0.25) is 29.1 Å². The predicted molar refractivity (Wildman–Crippen MR) is 110 cm³/mol. The van der Waals surface area contributed by atoms with Crippen LogP contribution in [-0.4, -0.2) is 39.6 Å². The maximum atomic E-state index is 13.7. The minimum Gasteiger partial charge on any atom is -0.479 e. The van der Waals surface area contributed by atoms with E-state index in [0.717, 1.165) is 19.3 Å². The summed E-state index contributed by atoms with van der Waals surface area (Å²) in [7, 11) is 1.56. The summed E-state index contributed by atoms with van der Waals surface area (Å²) in [6.07, 6.45) is 4.11. The smallest absolute Gasteiger partial charge is 0.291 e. The first-order valence-electron chi connectivity index (χ1n) is 10.5. The number of aromatic nitrogens is 2. The number of carbonyl (C=O) groups excluding carboxylic acids is 2. The number of hydrogen-bond donors (Lipinski definition) is 1. The molecule has 2 amide bonds. The molecule has 3 heterocycles. The average Bonchev–Trinajstić information content (AvgIpc) is 3.48. The second kappa shape index (κ2) is 9.76. The number of hydrogen-bond acceptors (Lipinski definition) is 5. The fourth-order valence-corrected chi connectivity index (χ4v) is 3.65. The zero-order valence-corrected chi connectivity index (χ0v) is 18.3. The predicted octanol–water partition coefficient (Wildman–Crippen LogP) is 4.17. The summed E-state index contributed by atoms with van der Waals surface area (Å²) in [5, 5.41) is 6.56. The number of likely N-dealkylation sites (tertiary alicyclic amines) is 1. The van der Waals surface area contributed by atoms with Gasteiger partial charge in [0.05, 0.1) is 11.9 Å². The van der Waals surface area contributed by atoms with Crippen molar-refractivity contribution < 1.29 is 40.7 Å². The molecule has 0 saturated carbocycles. The largest absolute Gasteiger partial charge is 0.479 e. The fraction of sp³-hybridized carbons (Fsp3) is 0.318. The van der Waals surface area contributed by atoms with Crippen molar-refractivity contribution in [2.45, 2.75) is 25.9 Å². The molecule has 0 atom stereocenters. The van der Waals surface area contributed by atoms with Crippen LogP contribution in [0.2, 0.25) is 0 Å². The van der Waals surface area contributed by atoms with Crippen molar-refractivity contribution in [1.29, 1.82) is 0 Å². The van der Waals surface area contributed by atoms with Crippen LogP contribution in [0, 0.1) is 29.1 Å². The van der Waals surface area contributed by atoms with Crippen LogP contribution in [0.3, 0.4) is 0 Å². The van der Waals surface area contributed by atoms with Crippen LogP contribution in [0.4, 0.5) is 27.6 Å². The maximum absolute atomic E-state index is 13.7. The summed E-state index contributed by atoms with van der Waals surface area (Å²) in [6.45, 7) is 0.473. The third-order valence-corrected chi connectivity index (χ3v) is 5.45. The molecule has 1 saturated heterocycles. The van der Waals surface area contributed by atoms with Crippen LogP contribution >= 0.6 is 0 Å². The lowest BCUT2D eigenvalue weighted by Crippen LogP contribution is -2.37. The van der Waals surface area contributed by atoms with Gasteiger partial charge in [-0.1, -0.05) is 0 Å². The topological polar surface area (TPSA) is 89.6 Å². The SMILES string of the molecule is Cn1ncc(NC(=O)c2ccc(COc3c(F)c(F)c(F)c(F)c3F)o2)c1C(=O)N1CCCCC1. The van der Waals surface area contributed by atoms with E-state index in [9.17, 15) is 31.5 Å². The molecule has 2 aromatic heterocycles. The Morgan fingerprint density at radius 3 is 2.29 bits per heavy atom. The van der Waals surface area contributed by atoms with Gasteiger partial charge in [0.1, 0.15) is 18.1 Å². The van der Waals surface area contributed by atoms with Gasteiger partial charge in [0, 0.05) is 20.1 Å². The van der Waals surface area contributed by atoms with E-state index in [0.29, 0.717) is 13.1 Å². The highest BCUT2D eigenvalue weighted by Crippen LogP contribution is 2.30. The molecule has 0 radical (unpaired) electrons. The Bertz CT molecular complexity index is 1250. The van der Waals surface area contributed by atoms with E-state index < -0.39 is 47.3 Å². The van der Waals surface area contributed by atoms with Crippen molar-refractivity contribution in [3.05, 3.63) is 64.6 Å². The average molecular weight is 498 g/mol. The first-order chi connectivity index (χ1) is 16.7. The summed E-state index contributed by atoms with van der Waals surface area (Å²) < 4.78 is 78.6. The summed E-state index contributed by atoms with van der Waals surface area (Å²) >= 11 is 0. The lowest BCUT2D eigenvalue weighted by atomic mass is 10.1. The Balaban J connectivity index is 1.45. The van der Waals surface area contributed by atoms with Crippen molar-refractivity contribution in [3.63, 3.8) is 0 Å². The number of rotatable bonds is 6. The summed E-state index contributed by atoms with van der Waals surface area (Å²) in [6, 6.07) is 2.44. The second-order valence-electron chi connectivity index (χ2n) is 7.79. The molecule has 0 unspecified atom stereocenters. The molecule has 0 spiro atoms. The highest BCUT2D eigenvalue weighted by atomic mass is 19.2. The molecule has 1 fully saturated rings. The number of amides is 2.